The number of rotatable bonds is 3. The molecule has 1 amide bonds. The number of aryl methyl sites for hydroxylation is 1. The second-order valence-corrected chi connectivity index (χ2v) is 4.52. The van der Waals surface area contributed by atoms with E-state index in [-0.39, 0.29) is 19.0 Å². The first kappa shape index (κ1) is 15.0. The lowest BCUT2D eigenvalue weighted by molar-refractivity contribution is 0.0949. The molecule has 2 aromatic rings. The van der Waals surface area contributed by atoms with Gasteiger partial charge in [-0.05, 0) is 18.2 Å². The zero-order valence-corrected chi connectivity index (χ0v) is 12.1. The molecule has 6 nitrogen and oxygen atoms in total. The average Bonchev–Trinajstić information content (AvgIpc) is 2.89. The van der Waals surface area contributed by atoms with Crippen LogP contribution in [0.4, 0.5) is 0 Å². The number of halogens is 1. The summed E-state index contributed by atoms with van der Waals surface area (Å²) in [6, 6.07) is 4.88. The van der Waals surface area contributed by atoms with Gasteiger partial charge < -0.3 is 15.6 Å². The lowest BCUT2D eigenvalue weighted by atomic mass is 10.1. The summed E-state index contributed by atoms with van der Waals surface area (Å²) in [4.78, 5) is 16.0. The zero-order chi connectivity index (χ0) is 15.2. The van der Waals surface area contributed by atoms with Gasteiger partial charge in [-0.1, -0.05) is 28.6 Å². The van der Waals surface area contributed by atoms with Crippen molar-refractivity contribution < 1.29 is 9.32 Å². The Bertz CT molecular complexity index is 715. The van der Waals surface area contributed by atoms with Gasteiger partial charge in [0.2, 0.25) is 5.89 Å². The monoisotopic (exact) mass is 304 g/mol. The van der Waals surface area contributed by atoms with Gasteiger partial charge in [-0.3, -0.25) is 4.79 Å². The minimum absolute atomic E-state index is 0.183. The topological polar surface area (TPSA) is 94.0 Å². The molecular formula is C14H13ClN4O2. The predicted octanol–water partition coefficient (Wildman–Crippen LogP) is 1.27. The van der Waals surface area contributed by atoms with Crippen molar-refractivity contribution in [3.05, 3.63) is 46.1 Å². The molecule has 0 bridgehead atoms. The number of carbonyl (C=O) groups excluding carboxylic acids is 1. The molecule has 0 atom stereocenters. The lowest BCUT2D eigenvalue weighted by Gasteiger charge is -2.04. The van der Waals surface area contributed by atoms with Crippen molar-refractivity contribution >= 4 is 17.5 Å². The summed E-state index contributed by atoms with van der Waals surface area (Å²) >= 11 is 6.07. The minimum atomic E-state index is -0.280. The largest absolute Gasteiger partial charge is 0.345 e. The number of benzene rings is 1. The Morgan fingerprint density at radius 1 is 1.52 bits per heavy atom. The maximum Gasteiger partial charge on any atom is 0.251 e. The van der Waals surface area contributed by atoms with Crippen molar-refractivity contribution in [1.82, 2.24) is 15.5 Å². The third kappa shape index (κ3) is 4.05. The molecule has 0 unspecified atom stereocenters. The van der Waals surface area contributed by atoms with Crippen molar-refractivity contribution in [2.24, 2.45) is 5.73 Å². The van der Waals surface area contributed by atoms with E-state index in [1.54, 1.807) is 25.1 Å². The molecule has 1 aromatic carbocycles. The van der Waals surface area contributed by atoms with Crippen LogP contribution in [0.25, 0.3) is 0 Å². The van der Waals surface area contributed by atoms with Crippen LogP contribution in [-0.2, 0) is 6.54 Å². The Balaban J connectivity index is 2.04. The normalized spacial score (nSPS) is 9.86. The SMILES string of the molecule is Cc1nc(CNC(=O)c2ccc(C#CCN)c(Cl)c2)no1. The van der Waals surface area contributed by atoms with Crippen LogP contribution >= 0.6 is 11.6 Å². The van der Waals surface area contributed by atoms with Crippen LogP contribution in [0, 0.1) is 18.8 Å². The minimum Gasteiger partial charge on any atom is -0.345 e. The van der Waals surface area contributed by atoms with Crippen LogP contribution in [0.15, 0.2) is 22.7 Å². The highest BCUT2D eigenvalue weighted by atomic mass is 35.5. The van der Waals surface area contributed by atoms with Gasteiger partial charge in [0.15, 0.2) is 5.82 Å². The number of nitrogens with one attached hydrogen (secondary N) is 1. The van der Waals surface area contributed by atoms with Crippen LogP contribution in [0.1, 0.15) is 27.6 Å². The summed E-state index contributed by atoms with van der Waals surface area (Å²) in [5.41, 5.74) is 6.36. The van der Waals surface area contributed by atoms with Crippen molar-refractivity contribution in [2.75, 3.05) is 6.54 Å². The van der Waals surface area contributed by atoms with Gasteiger partial charge >= 0.3 is 0 Å². The van der Waals surface area contributed by atoms with Crippen LogP contribution in [0.3, 0.4) is 0 Å². The molecule has 21 heavy (non-hydrogen) atoms. The number of hydrogen-bond acceptors (Lipinski definition) is 5. The van der Waals surface area contributed by atoms with Crippen molar-refractivity contribution in [2.45, 2.75) is 13.5 Å². The van der Waals surface area contributed by atoms with E-state index in [1.807, 2.05) is 0 Å². The third-order valence-corrected chi connectivity index (χ3v) is 2.85. The van der Waals surface area contributed by atoms with E-state index in [1.165, 1.54) is 0 Å². The summed E-state index contributed by atoms with van der Waals surface area (Å²) in [6.07, 6.45) is 0. The molecule has 0 fully saturated rings. The van der Waals surface area contributed by atoms with Crippen LogP contribution in [0.2, 0.25) is 5.02 Å². The molecule has 2 rings (SSSR count). The fourth-order valence-electron chi connectivity index (χ4n) is 1.58. The van der Waals surface area contributed by atoms with Gasteiger partial charge in [0.05, 0.1) is 18.1 Å². The number of aromatic nitrogens is 2. The van der Waals surface area contributed by atoms with E-state index in [0.29, 0.717) is 27.9 Å². The van der Waals surface area contributed by atoms with Gasteiger partial charge in [-0.25, -0.2) is 0 Å². The molecular weight excluding hydrogens is 292 g/mol. The lowest BCUT2D eigenvalue weighted by Crippen LogP contribution is -2.23. The first-order valence-electron chi connectivity index (χ1n) is 6.16. The highest BCUT2D eigenvalue weighted by Gasteiger charge is 2.09. The van der Waals surface area contributed by atoms with Crippen molar-refractivity contribution in [3.63, 3.8) is 0 Å². The predicted molar refractivity (Wildman–Crippen MR) is 77.6 cm³/mol. The summed E-state index contributed by atoms with van der Waals surface area (Å²) in [7, 11) is 0. The first-order valence-corrected chi connectivity index (χ1v) is 6.54. The summed E-state index contributed by atoms with van der Waals surface area (Å²) < 4.78 is 4.82. The second kappa shape index (κ2) is 6.88. The fraction of sp³-hybridized carbons (Fsp3) is 0.214. The number of nitrogens with zero attached hydrogens (tertiary/aromatic N) is 2. The van der Waals surface area contributed by atoms with E-state index >= 15 is 0 Å². The van der Waals surface area contributed by atoms with Gasteiger partial charge in [0.1, 0.15) is 0 Å². The van der Waals surface area contributed by atoms with Gasteiger partial charge in [0.25, 0.3) is 5.91 Å². The molecule has 0 saturated heterocycles. The second-order valence-electron chi connectivity index (χ2n) is 4.11. The molecule has 0 aliphatic carbocycles. The zero-order valence-electron chi connectivity index (χ0n) is 11.3. The Hall–Kier alpha value is -2.36. The molecule has 3 N–H and O–H groups in total. The van der Waals surface area contributed by atoms with E-state index in [2.05, 4.69) is 27.3 Å². The maximum absolute atomic E-state index is 12.0. The number of hydrogen-bond donors (Lipinski definition) is 2. The standard InChI is InChI=1S/C14H13ClN4O2/c1-9-18-13(19-21-9)8-17-14(20)11-5-4-10(3-2-6-16)12(15)7-11/h4-5,7H,6,8,16H2,1H3,(H,17,20). The van der Waals surface area contributed by atoms with Gasteiger partial charge in [-0.15, -0.1) is 0 Å². The van der Waals surface area contributed by atoms with Crippen LogP contribution < -0.4 is 11.1 Å². The summed E-state index contributed by atoms with van der Waals surface area (Å²) in [5, 5.41) is 6.77. The highest BCUT2D eigenvalue weighted by Crippen LogP contribution is 2.17. The van der Waals surface area contributed by atoms with E-state index < -0.39 is 0 Å². The van der Waals surface area contributed by atoms with Crippen LogP contribution in [0.5, 0.6) is 0 Å². The molecule has 0 aliphatic heterocycles. The molecule has 7 heteroatoms. The first-order chi connectivity index (χ1) is 10.1. The quantitative estimate of drug-likeness (QED) is 0.833. The van der Waals surface area contributed by atoms with E-state index in [4.69, 9.17) is 21.9 Å². The Kier molecular flexibility index (Phi) is 4.93. The number of carbonyl (C=O) groups is 1. The molecule has 1 aromatic heterocycles. The Morgan fingerprint density at radius 3 is 2.95 bits per heavy atom. The summed E-state index contributed by atoms with van der Waals surface area (Å²) in [5.74, 6) is 6.12. The third-order valence-electron chi connectivity index (χ3n) is 2.53. The smallest absolute Gasteiger partial charge is 0.251 e. The molecule has 0 aliphatic rings. The molecule has 1 heterocycles. The fourth-order valence-corrected chi connectivity index (χ4v) is 1.81. The highest BCUT2D eigenvalue weighted by molar-refractivity contribution is 6.32. The average molecular weight is 305 g/mol. The Morgan fingerprint density at radius 2 is 2.33 bits per heavy atom. The maximum atomic E-state index is 12.0. The molecule has 0 spiro atoms. The van der Waals surface area contributed by atoms with Gasteiger partial charge in [0, 0.05) is 18.1 Å². The van der Waals surface area contributed by atoms with Crippen LogP contribution in [-0.4, -0.2) is 22.6 Å². The summed E-state index contributed by atoms with van der Waals surface area (Å²) in [6.45, 7) is 2.12. The number of amides is 1. The number of nitrogens with two attached hydrogens (primary N) is 1. The van der Waals surface area contributed by atoms with Crippen molar-refractivity contribution in [3.8, 4) is 11.8 Å². The molecule has 0 saturated carbocycles. The van der Waals surface area contributed by atoms with E-state index in [9.17, 15) is 4.79 Å². The molecule has 108 valence electrons. The van der Waals surface area contributed by atoms with Gasteiger partial charge in [-0.2, -0.15) is 4.98 Å². The van der Waals surface area contributed by atoms with Crippen molar-refractivity contribution in [1.29, 1.82) is 0 Å². The Labute approximate surface area is 126 Å². The molecule has 0 radical (unpaired) electrons. The van der Waals surface area contributed by atoms with E-state index in [0.717, 1.165) is 0 Å².